The summed E-state index contributed by atoms with van der Waals surface area (Å²) in [7, 11) is -2.17. The van der Waals surface area contributed by atoms with Crippen LogP contribution in [0.5, 0.6) is 5.75 Å². The van der Waals surface area contributed by atoms with Crippen molar-refractivity contribution in [2.75, 3.05) is 39.7 Å². The highest BCUT2D eigenvalue weighted by Crippen LogP contribution is 2.19. The molecule has 42 heavy (non-hydrogen) atoms. The normalized spacial score (nSPS) is 12.1. The lowest BCUT2D eigenvalue weighted by atomic mass is 10.0. The highest BCUT2D eigenvalue weighted by molar-refractivity contribution is 7.88. The van der Waals surface area contributed by atoms with Crippen molar-refractivity contribution in [1.29, 1.82) is 0 Å². The summed E-state index contributed by atoms with van der Waals surface area (Å²) in [5, 5.41) is 2.96. The second-order valence-corrected chi connectivity index (χ2v) is 11.9. The first-order valence-corrected chi connectivity index (χ1v) is 15.9. The number of sulfonamides is 1. The molecule has 9 nitrogen and oxygen atoms in total. The second-order valence-electron chi connectivity index (χ2n) is 9.93. The zero-order valence-corrected chi connectivity index (χ0v) is 25.4. The van der Waals surface area contributed by atoms with Gasteiger partial charge in [-0.3, -0.25) is 9.59 Å². The number of carbonyl (C=O) groups is 2. The van der Waals surface area contributed by atoms with E-state index in [9.17, 15) is 18.0 Å². The van der Waals surface area contributed by atoms with Crippen molar-refractivity contribution >= 4 is 21.8 Å². The van der Waals surface area contributed by atoms with Gasteiger partial charge in [-0.15, -0.1) is 0 Å². The Morgan fingerprint density at radius 2 is 1.45 bits per heavy atom. The highest BCUT2D eigenvalue weighted by atomic mass is 32.2. The molecule has 0 aliphatic rings. The van der Waals surface area contributed by atoms with Gasteiger partial charge in [-0.2, -0.15) is 4.31 Å². The fourth-order valence-electron chi connectivity index (χ4n) is 4.45. The number of amides is 2. The van der Waals surface area contributed by atoms with Crippen LogP contribution < -0.4 is 10.1 Å². The van der Waals surface area contributed by atoms with Crippen LogP contribution in [-0.2, 0) is 43.9 Å². The van der Waals surface area contributed by atoms with Crippen LogP contribution in [0, 0.1) is 0 Å². The molecule has 0 aromatic heterocycles. The predicted molar refractivity (Wildman–Crippen MR) is 163 cm³/mol. The van der Waals surface area contributed by atoms with E-state index in [-0.39, 0.29) is 25.4 Å². The molecule has 0 fully saturated rings. The van der Waals surface area contributed by atoms with Gasteiger partial charge in [0.25, 0.3) is 0 Å². The van der Waals surface area contributed by atoms with E-state index in [1.54, 1.807) is 19.2 Å². The van der Waals surface area contributed by atoms with E-state index in [2.05, 4.69) is 5.32 Å². The van der Waals surface area contributed by atoms with Gasteiger partial charge in [0.05, 0.1) is 19.9 Å². The molecule has 0 heterocycles. The first kappa shape index (κ1) is 32.8. The molecule has 0 saturated carbocycles. The van der Waals surface area contributed by atoms with Gasteiger partial charge >= 0.3 is 0 Å². The fourth-order valence-corrected chi connectivity index (χ4v) is 5.18. The number of carbonyl (C=O) groups excluding carboxylic acids is 2. The standard InChI is InChI=1S/C32H41N3O6S/c1-4-41-21-11-20-33-32(37)30(22-26-12-7-5-8-13-26)35(24-28-16-18-29(40-2)19-17-28)31(36)25-34(42(3,38)39)23-27-14-9-6-10-15-27/h5-10,12-19,30H,4,11,20-25H2,1-3H3,(H,33,37)/t30-/m1/s1. The van der Waals surface area contributed by atoms with E-state index in [0.717, 1.165) is 27.3 Å². The summed E-state index contributed by atoms with van der Waals surface area (Å²) >= 11 is 0. The van der Waals surface area contributed by atoms with Gasteiger partial charge in [-0.05, 0) is 42.2 Å². The van der Waals surface area contributed by atoms with E-state index >= 15 is 0 Å². The molecule has 3 aromatic rings. The van der Waals surface area contributed by atoms with Gasteiger partial charge in [0.1, 0.15) is 11.8 Å². The van der Waals surface area contributed by atoms with Gasteiger partial charge < -0.3 is 19.7 Å². The molecule has 3 rings (SSSR count). The Hall–Kier alpha value is -3.73. The molecule has 0 spiro atoms. The zero-order valence-electron chi connectivity index (χ0n) is 24.6. The SMILES string of the molecule is CCOCCCNC(=O)[C@@H](Cc1ccccc1)N(Cc1ccc(OC)cc1)C(=O)CN(Cc1ccccc1)S(C)(=O)=O. The van der Waals surface area contributed by atoms with Crippen LogP contribution in [0.1, 0.15) is 30.0 Å². The molecule has 0 unspecified atom stereocenters. The number of ether oxygens (including phenoxy) is 2. The van der Waals surface area contributed by atoms with Crippen molar-refractivity contribution in [3.05, 3.63) is 102 Å². The Kier molecular flexibility index (Phi) is 13.0. The van der Waals surface area contributed by atoms with Crippen LogP contribution >= 0.6 is 0 Å². The lowest BCUT2D eigenvalue weighted by Gasteiger charge is -2.33. The average Bonchev–Trinajstić information content (AvgIpc) is 2.99. The van der Waals surface area contributed by atoms with Crippen LogP contribution in [0.4, 0.5) is 0 Å². The third-order valence-corrected chi connectivity index (χ3v) is 7.93. The topological polar surface area (TPSA) is 105 Å². The number of benzene rings is 3. The molecule has 0 radical (unpaired) electrons. The van der Waals surface area contributed by atoms with Gasteiger partial charge in [-0.25, -0.2) is 8.42 Å². The summed E-state index contributed by atoms with van der Waals surface area (Å²) in [5.41, 5.74) is 2.41. The van der Waals surface area contributed by atoms with Gasteiger partial charge in [0, 0.05) is 39.3 Å². The maximum Gasteiger partial charge on any atom is 0.243 e. The van der Waals surface area contributed by atoms with E-state index < -0.39 is 28.5 Å². The lowest BCUT2D eigenvalue weighted by molar-refractivity contribution is -0.141. The predicted octanol–water partition coefficient (Wildman–Crippen LogP) is 3.64. The van der Waals surface area contributed by atoms with E-state index in [4.69, 9.17) is 9.47 Å². The van der Waals surface area contributed by atoms with Crippen molar-refractivity contribution in [2.45, 2.75) is 38.9 Å². The summed E-state index contributed by atoms with van der Waals surface area (Å²) in [5.74, 6) is -0.126. The third kappa shape index (κ3) is 10.6. The summed E-state index contributed by atoms with van der Waals surface area (Å²) in [6, 6.07) is 24.9. The molecule has 0 saturated heterocycles. The summed E-state index contributed by atoms with van der Waals surface area (Å²) in [6.45, 7) is 3.13. The van der Waals surface area contributed by atoms with Crippen LogP contribution in [0.15, 0.2) is 84.9 Å². The largest absolute Gasteiger partial charge is 0.497 e. The number of nitrogens with zero attached hydrogens (tertiary/aromatic N) is 2. The minimum atomic E-state index is -3.75. The summed E-state index contributed by atoms with van der Waals surface area (Å²) in [4.78, 5) is 29.2. The quantitative estimate of drug-likeness (QED) is 0.239. The number of hydrogen-bond donors (Lipinski definition) is 1. The number of methoxy groups -OCH3 is 1. The van der Waals surface area contributed by atoms with E-state index in [1.165, 1.54) is 4.90 Å². The molecule has 0 aliphatic heterocycles. The summed E-state index contributed by atoms with van der Waals surface area (Å²) < 4.78 is 37.4. The summed E-state index contributed by atoms with van der Waals surface area (Å²) in [6.07, 6.45) is 1.98. The minimum absolute atomic E-state index is 0.0365. The lowest BCUT2D eigenvalue weighted by Crippen LogP contribution is -2.53. The Labute approximate surface area is 249 Å². The molecule has 226 valence electrons. The number of nitrogens with one attached hydrogen (secondary N) is 1. The second kappa shape index (κ2) is 16.6. The zero-order chi connectivity index (χ0) is 30.4. The van der Waals surface area contributed by atoms with E-state index in [1.807, 2.05) is 79.7 Å². The molecule has 1 N–H and O–H groups in total. The van der Waals surface area contributed by atoms with Crippen molar-refractivity contribution in [3.63, 3.8) is 0 Å². The average molecular weight is 596 g/mol. The Morgan fingerprint density at radius 3 is 2.02 bits per heavy atom. The van der Waals surface area contributed by atoms with Crippen LogP contribution in [-0.4, -0.2) is 75.1 Å². The number of rotatable bonds is 17. The molecular weight excluding hydrogens is 554 g/mol. The van der Waals surface area contributed by atoms with Gasteiger partial charge in [0.2, 0.25) is 21.8 Å². The highest BCUT2D eigenvalue weighted by Gasteiger charge is 2.32. The minimum Gasteiger partial charge on any atom is -0.497 e. The van der Waals surface area contributed by atoms with Crippen LogP contribution in [0.25, 0.3) is 0 Å². The maximum atomic E-state index is 14.1. The van der Waals surface area contributed by atoms with Crippen molar-refractivity contribution in [1.82, 2.24) is 14.5 Å². The first-order chi connectivity index (χ1) is 20.2. The molecule has 10 heteroatoms. The maximum absolute atomic E-state index is 14.1. The first-order valence-electron chi connectivity index (χ1n) is 14.0. The molecule has 1 atom stereocenters. The fraction of sp³-hybridized carbons (Fsp3) is 0.375. The molecule has 0 aliphatic carbocycles. The number of hydrogen-bond acceptors (Lipinski definition) is 6. The Balaban J connectivity index is 1.95. The van der Waals surface area contributed by atoms with E-state index in [0.29, 0.717) is 31.9 Å². The van der Waals surface area contributed by atoms with Crippen LogP contribution in [0.3, 0.4) is 0 Å². The molecule has 3 aromatic carbocycles. The monoisotopic (exact) mass is 595 g/mol. The Bertz CT molecular complexity index is 1350. The molecule has 2 amide bonds. The van der Waals surface area contributed by atoms with Crippen molar-refractivity contribution in [2.24, 2.45) is 0 Å². The van der Waals surface area contributed by atoms with Crippen LogP contribution in [0.2, 0.25) is 0 Å². The van der Waals surface area contributed by atoms with Gasteiger partial charge in [-0.1, -0.05) is 72.8 Å². The smallest absolute Gasteiger partial charge is 0.243 e. The Morgan fingerprint density at radius 1 is 0.857 bits per heavy atom. The van der Waals surface area contributed by atoms with Gasteiger partial charge in [0.15, 0.2) is 0 Å². The third-order valence-electron chi connectivity index (χ3n) is 6.73. The molecular formula is C32H41N3O6S. The van der Waals surface area contributed by atoms with Crippen molar-refractivity contribution < 1.29 is 27.5 Å². The van der Waals surface area contributed by atoms with Crippen molar-refractivity contribution in [3.8, 4) is 5.75 Å². The molecule has 0 bridgehead atoms.